The molecule has 2 heterocycles. The number of nitroso groups, excluding NO2 is 1. The predicted octanol–water partition coefficient (Wildman–Crippen LogP) is 4.77. The molecule has 126 valence electrons. The summed E-state index contributed by atoms with van der Waals surface area (Å²) in [5.74, 6) is 0.277. The summed E-state index contributed by atoms with van der Waals surface area (Å²) in [5.41, 5.74) is 4.65. The maximum Gasteiger partial charge on any atom is 0.351 e. The monoisotopic (exact) mass is 334 g/mol. The number of aromatic nitrogens is 1. The zero-order chi connectivity index (χ0) is 17.4. The molecule has 0 fully saturated rings. The normalized spacial score (nSPS) is 16.4. The Morgan fingerprint density at radius 3 is 2.76 bits per heavy atom. The Labute approximate surface area is 145 Å². The summed E-state index contributed by atoms with van der Waals surface area (Å²) in [6, 6.07) is 15.5. The SMILES string of the molecule is CC1CCc2c(cc(-c3ccccc3)n2-c2ccc(C(=O)N=O)o2)C1. The number of amides is 1. The number of hydrogen-bond donors (Lipinski definition) is 0. The third kappa shape index (κ3) is 2.71. The molecule has 1 aromatic carbocycles. The molecule has 0 spiro atoms. The number of fused-ring (bicyclic) bond motifs is 1. The van der Waals surface area contributed by atoms with Crippen molar-refractivity contribution >= 4 is 5.91 Å². The standard InChI is InChI=1S/C20H18N2O3/c1-13-7-8-16-15(11-13)12-17(14-5-3-2-4-6-14)22(16)19-10-9-18(25-19)20(23)21-24/h2-6,9-10,12-13H,7-8,11H2,1H3. The molecule has 0 N–H and O–H groups in total. The number of carbonyl (C=O) groups is 1. The van der Waals surface area contributed by atoms with Crippen molar-refractivity contribution in [3.63, 3.8) is 0 Å². The summed E-state index contributed by atoms with van der Waals surface area (Å²) >= 11 is 0. The van der Waals surface area contributed by atoms with Crippen molar-refractivity contribution in [1.29, 1.82) is 0 Å². The number of benzene rings is 1. The van der Waals surface area contributed by atoms with Gasteiger partial charge >= 0.3 is 5.91 Å². The van der Waals surface area contributed by atoms with Crippen LogP contribution in [0.3, 0.4) is 0 Å². The fourth-order valence-corrected chi connectivity index (χ4v) is 3.59. The van der Waals surface area contributed by atoms with Crippen LogP contribution >= 0.6 is 0 Å². The molecule has 5 nitrogen and oxygen atoms in total. The topological polar surface area (TPSA) is 64.6 Å². The van der Waals surface area contributed by atoms with Gasteiger partial charge in [0.15, 0.2) is 5.76 Å². The van der Waals surface area contributed by atoms with Crippen LogP contribution in [0.1, 0.15) is 35.2 Å². The second-order valence-electron chi connectivity index (χ2n) is 6.59. The highest BCUT2D eigenvalue weighted by Gasteiger charge is 2.25. The summed E-state index contributed by atoms with van der Waals surface area (Å²) in [5, 5.41) is 2.44. The van der Waals surface area contributed by atoms with Gasteiger partial charge in [-0.15, -0.1) is 4.91 Å². The first kappa shape index (κ1) is 15.6. The Balaban J connectivity index is 1.89. The van der Waals surface area contributed by atoms with Crippen LogP contribution < -0.4 is 0 Å². The minimum atomic E-state index is -0.887. The minimum absolute atomic E-state index is 0.0318. The minimum Gasteiger partial charge on any atom is -0.434 e. The molecule has 1 atom stereocenters. The van der Waals surface area contributed by atoms with Crippen molar-refractivity contribution in [3.05, 3.63) is 70.5 Å². The molecule has 2 aromatic heterocycles. The quantitative estimate of drug-likeness (QED) is 0.648. The van der Waals surface area contributed by atoms with Crippen LogP contribution in [-0.4, -0.2) is 10.5 Å². The molecule has 1 aliphatic carbocycles. The van der Waals surface area contributed by atoms with Crippen LogP contribution in [0.5, 0.6) is 0 Å². The van der Waals surface area contributed by atoms with E-state index in [0.717, 1.165) is 30.5 Å². The molecule has 3 aromatic rings. The molecule has 1 aliphatic rings. The number of nitrogens with zero attached hydrogens (tertiary/aromatic N) is 2. The van der Waals surface area contributed by atoms with E-state index >= 15 is 0 Å². The van der Waals surface area contributed by atoms with E-state index in [1.165, 1.54) is 17.3 Å². The highest BCUT2D eigenvalue weighted by molar-refractivity contribution is 5.92. The van der Waals surface area contributed by atoms with Crippen molar-refractivity contribution in [3.8, 4) is 17.1 Å². The van der Waals surface area contributed by atoms with Crippen molar-refractivity contribution in [2.75, 3.05) is 0 Å². The molecular formula is C20H18N2O3. The average Bonchev–Trinajstić information content (AvgIpc) is 3.25. The van der Waals surface area contributed by atoms with E-state index in [0.29, 0.717) is 11.8 Å². The first-order valence-electron chi connectivity index (χ1n) is 8.44. The van der Waals surface area contributed by atoms with Crippen LogP contribution in [-0.2, 0) is 12.8 Å². The van der Waals surface area contributed by atoms with Crippen molar-refractivity contribution < 1.29 is 9.21 Å². The van der Waals surface area contributed by atoms with E-state index in [2.05, 4.69) is 34.9 Å². The summed E-state index contributed by atoms with van der Waals surface area (Å²) < 4.78 is 7.72. The molecule has 1 amide bonds. The Hall–Kier alpha value is -2.95. The summed E-state index contributed by atoms with van der Waals surface area (Å²) in [4.78, 5) is 22.0. The van der Waals surface area contributed by atoms with Gasteiger partial charge in [0, 0.05) is 16.9 Å². The number of rotatable bonds is 3. The Morgan fingerprint density at radius 1 is 1.20 bits per heavy atom. The highest BCUT2D eigenvalue weighted by atomic mass is 16.4. The number of furan rings is 1. The first-order valence-corrected chi connectivity index (χ1v) is 8.44. The number of hydrogen-bond acceptors (Lipinski definition) is 3. The van der Waals surface area contributed by atoms with E-state index < -0.39 is 5.91 Å². The maximum absolute atomic E-state index is 11.5. The van der Waals surface area contributed by atoms with Crippen LogP contribution in [0.2, 0.25) is 0 Å². The summed E-state index contributed by atoms with van der Waals surface area (Å²) in [6.45, 7) is 2.27. The zero-order valence-corrected chi connectivity index (χ0v) is 13.9. The van der Waals surface area contributed by atoms with Crippen LogP contribution in [0, 0.1) is 10.8 Å². The lowest BCUT2D eigenvalue weighted by Crippen LogP contribution is -2.13. The van der Waals surface area contributed by atoms with Gasteiger partial charge in [0.25, 0.3) is 0 Å². The van der Waals surface area contributed by atoms with Crippen molar-refractivity contribution in [2.45, 2.75) is 26.2 Å². The second kappa shape index (κ2) is 6.16. The summed E-state index contributed by atoms with van der Waals surface area (Å²) in [6.07, 6.45) is 3.11. The Kier molecular flexibility index (Phi) is 3.84. The van der Waals surface area contributed by atoms with E-state index in [9.17, 15) is 9.70 Å². The third-order valence-electron chi connectivity index (χ3n) is 4.81. The van der Waals surface area contributed by atoms with E-state index in [4.69, 9.17) is 4.42 Å². The molecule has 0 radical (unpaired) electrons. The van der Waals surface area contributed by atoms with Crippen molar-refractivity contribution in [2.24, 2.45) is 11.1 Å². The van der Waals surface area contributed by atoms with Gasteiger partial charge in [0.2, 0.25) is 5.88 Å². The molecule has 0 aliphatic heterocycles. The average molecular weight is 334 g/mol. The van der Waals surface area contributed by atoms with Crippen molar-refractivity contribution in [1.82, 2.24) is 4.57 Å². The van der Waals surface area contributed by atoms with Gasteiger partial charge in [-0.2, -0.15) is 0 Å². The van der Waals surface area contributed by atoms with Gasteiger partial charge in [-0.1, -0.05) is 37.3 Å². The second-order valence-corrected chi connectivity index (χ2v) is 6.59. The predicted molar refractivity (Wildman–Crippen MR) is 94.8 cm³/mol. The maximum atomic E-state index is 11.5. The number of carbonyl (C=O) groups excluding carboxylic acids is 1. The highest BCUT2D eigenvalue weighted by Crippen LogP contribution is 2.35. The molecule has 0 saturated carbocycles. The van der Waals surface area contributed by atoms with E-state index in [1.54, 1.807) is 6.07 Å². The Morgan fingerprint density at radius 2 is 2.00 bits per heavy atom. The van der Waals surface area contributed by atoms with Gasteiger partial charge in [0.05, 0.1) is 5.69 Å². The van der Waals surface area contributed by atoms with Gasteiger partial charge in [0.1, 0.15) is 0 Å². The molecule has 0 saturated heterocycles. The fourth-order valence-electron chi connectivity index (χ4n) is 3.59. The van der Waals surface area contributed by atoms with Crippen LogP contribution in [0.15, 0.2) is 58.1 Å². The molecule has 1 unspecified atom stereocenters. The Bertz CT molecular complexity index is 937. The molecule has 0 bridgehead atoms. The lowest BCUT2D eigenvalue weighted by Gasteiger charge is -2.20. The first-order chi connectivity index (χ1) is 12.2. The van der Waals surface area contributed by atoms with Gasteiger partial charge in [-0.05, 0) is 48.4 Å². The largest absolute Gasteiger partial charge is 0.434 e. The molecule has 25 heavy (non-hydrogen) atoms. The van der Waals surface area contributed by atoms with Gasteiger partial charge in [-0.3, -0.25) is 9.36 Å². The van der Waals surface area contributed by atoms with Gasteiger partial charge < -0.3 is 4.42 Å². The van der Waals surface area contributed by atoms with Crippen LogP contribution in [0.4, 0.5) is 0 Å². The lowest BCUT2D eigenvalue weighted by atomic mass is 9.89. The zero-order valence-electron chi connectivity index (χ0n) is 13.9. The smallest absolute Gasteiger partial charge is 0.351 e. The van der Waals surface area contributed by atoms with Crippen LogP contribution in [0.25, 0.3) is 17.1 Å². The molecule has 4 rings (SSSR count). The van der Waals surface area contributed by atoms with Gasteiger partial charge in [-0.25, -0.2) is 0 Å². The molecule has 5 heteroatoms. The lowest BCUT2D eigenvalue weighted by molar-refractivity contribution is 0.0974. The molecular weight excluding hydrogens is 316 g/mol. The summed E-state index contributed by atoms with van der Waals surface area (Å²) in [7, 11) is 0. The van der Waals surface area contributed by atoms with E-state index in [-0.39, 0.29) is 5.76 Å². The fraction of sp³-hybridized carbons (Fsp3) is 0.250. The van der Waals surface area contributed by atoms with E-state index in [1.807, 2.05) is 18.2 Å². The third-order valence-corrected chi connectivity index (χ3v) is 4.81.